The summed E-state index contributed by atoms with van der Waals surface area (Å²) < 4.78 is 2.19. The fourth-order valence-corrected chi connectivity index (χ4v) is 2.95. The topological polar surface area (TPSA) is 3.24 Å². The Kier molecular flexibility index (Phi) is 4.02. The van der Waals surface area contributed by atoms with Crippen LogP contribution in [0.15, 0.2) is 84.9 Å². The number of halogens is 1. The highest BCUT2D eigenvalue weighted by molar-refractivity contribution is 14.1. The minimum absolute atomic E-state index is 1.18. The van der Waals surface area contributed by atoms with E-state index in [1.54, 1.807) is 0 Å². The first kappa shape index (κ1) is 13.2. The lowest BCUT2D eigenvalue weighted by molar-refractivity contribution is 1.46. The number of nitrogens with zero attached hydrogens (tertiary/aromatic N) is 1. The van der Waals surface area contributed by atoms with Gasteiger partial charge in [0, 0.05) is 5.56 Å². The number of anilines is 2. The molecule has 0 saturated carbocycles. The molecule has 0 N–H and O–H groups in total. The quantitative estimate of drug-likeness (QED) is 0.413. The highest BCUT2D eigenvalue weighted by Crippen LogP contribution is 2.37. The molecule has 3 aromatic carbocycles. The minimum Gasteiger partial charge on any atom is -0.282 e. The summed E-state index contributed by atoms with van der Waals surface area (Å²) >= 11 is 2.36. The van der Waals surface area contributed by atoms with E-state index in [4.69, 9.17) is 0 Å². The van der Waals surface area contributed by atoms with Crippen molar-refractivity contribution in [2.45, 2.75) is 0 Å². The second kappa shape index (κ2) is 6.09. The van der Waals surface area contributed by atoms with Crippen LogP contribution in [0.4, 0.5) is 11.4 Å². The maximum absolute atomic E-state index is 2.36. The molecule has 0 amide bonds. The predicted octanol–water partition coefficient (Wildman–Crippen LogP) is 5.84. The van der Waals surface area contributed by atoms with Crippen molar-refractivity contribution in [1.82, 2.24) is 0 Å². The third-order valence-electron chi connectivity index (χ3n) is 3.18. The van der Waals surface area contributed by atoms with Crippen molar-refractivity contribution < 1.29 is 0 Å². The molecule has 0 aliphatic heterocycles. The molecule has 0 aliphatic carbocycles. The van der Waals surface area contributed by atoms with Crippen LogP contribution >= 0.6 is 22.9 Å². The van der Waals surface area contributed by atoms with Crippen LogP contribution in [0.25, 0.3) is 11.1 Å². The van der Waals surface area contributed by atoms with Gasteiger partial charge < -0.3 is 0 Å². The molecule has 98 valence electrons. The van der Waals surface area contributed by atoms with Crippen LogP contribution in [0.2, 0.25) is 0 Å². The van der Waals surface area contributed by atoms with Gasteiger partial charge in [0.15, 0.2) is 0 Å². The smallest absolute Gasteiger partial charge is 0.0646 e. The highest BCUT2D eigenvalue weighted by atomic mass is 127. The lowest BCUT2D eigenvalue weighted by atomic mass is 10.0. The monoisotopic (exact) mass is 371 g/mol. The number of hydrogen-bond donors (Lipinski definition) is 0. The summed E-state index contributed by atoms with van der Waals surface area (Å²) in [5, 5.41) is 0. The molecular formula is C18H14IN. The molecule has 0 fully saturated rings. The highest BCUT2D eigenvalue weighted by Gasteiger charge is 2.11. The molecule has 0 aliphatic rings. The maximum Gasteiger partial charge on any atom is 0.0646 e. The zero-order valence-corrected chi connectivity index (χ0v) is 13.1. The average Bonchev–Trinajstić information content (AvgIpc) is 2.56. The Balaban J connectivity index is 2.07. The zero-order valence-electron chi connectivity index (χ0n) is 10.9. The van der Waals surface area contributed by atoms with Crippen LogP contribution in [0.1, 0.15) is 0 Å². The standard InChI is InChI=1S/C18H14IN/c19-20(16-11-5-2-6-12-16)18-14-8-7-13-17(18)15-9-3-1-4-10-15/h1-14H. The largest absolute Gasteiger partial charge is 0.282 e. The number of rotatable bonds is 3. The van der Waals surface area contributed by atoms with Gasteiger partial charge in [0.05, 0.1) is 34.2 Å². The van der Waals surface area contributed by atoms with E-state index in [1.165, 1.54) is 22.5 Å². The predicted molar refractivity (Wildman–Crippen MR) is 94.5 cm³/mol. The Morgan fingerprint density at radius 1 is 0.600 bits per heavy atom. The van der Waals surface area contributed by atoms with E-state index in [0.29, 0.717) is 0 Å². The Morgan fingerprint density at radius 2 is 1.15 bits per heavy atom. The van der Waals surface area contributed by atoms with Crippen LogP contribution in [0.5, 0.6) is 0 Å². The van der Waals surface area contributed by atoms with E-state index in [9.17, 15) is 0 Å². The van der Waals surface area contributed by atoms with Crippen molar-refractivity contribution in [1.29, 1.82) is 0 Å². The Hall–Kier alpha value is -1.81. The van der Waals surface area contributed by atoms with Gasteiger partial charge in [-0.15, -0.1) is 0 Å². The summed E-state index contributed by atoms with van der Waals surface area (Å²) in [6.07, 6.45) is 0. The molecule has 1 nitrogen and oxygen atoms in total. The van der Waals surface area contributed by atoms with Gasteiger partial charge in [-0.2, -0.15) is 0 Å². The van der Waals surface area contributed by atoms with Crippen molar-refractivity contribution in [2.75, 3.05) is 3.11 Å². The third-order valence-corrected chi connectivity index (χ3v) is 4.26. The second-order valence-electron chi connectivity index (χ2n) is 4.50. The molecule has 0 bridgehead atoms. The van der Waals surface area contributed by atoms with Crippen molar-refractivity contribution in [2.24, 2.45) is 0 Å². The number of benzene rings is 3. The van der Waals surface area contributed by atoms with Crippen molar-refractivity contribution in [3.8, 4) is 11.1 Å². The van der Waals surface area contributed by atoms with E-state index >= 15 is 0 Å². The molecule has 0 aromatic heterocycles. The van der Waals surface area contributed by atoms with E-state index in [1.807, 2.05) is 12.1 Å². The third kappa shape index (κ3) is 2.70. The average molecular weight is 371 g/mol. The fraction of sp³-hybridized carbons (Fsp3) is 0. The summed E-state index contributed by atoms with van der Waals surface area (Å²) in [5.74, 6) is 0. The van der Waals surface area contributed by atoms with Crippen LogP contribution in [-0.2, 0) is 0 Å². The van der Waals surface area contributed by atoms with Crippen LogP contribution < -0.4 is 3.11 Å². The molecule has 20 heavy (non-hydrogen) atoms. The van der Waals surface area contributed by atoms with Gasteiger partial charge in [-0.05, 0) is 23.8 Å². The molecule has 2 heteroatoms. The van der Waals surface area contributed by atoms with Gasteiger partial charge in [-0.25, -0.2) is 0 Å². The van der Waals surface area contributed by atoms with E-state index < -0.39 is 0 Å². The molecular weight excluding hydrogens is 357 g/mol. The number of para-hydroxylation sites is 2. The summed E-state index contributed by atoms with van der Waals surface area (Å²) in [6.45, 7) is 0. The molecule has 0 heterocycles. The van der Waals surface area contributed by atoms with Crippen LogP contribution in [0.3, 0.4) is 0 Å². The Morgan fingerprint density at radius 3 is 1.85 bits per heavy atom. The Bertz CT molecular complexity index is 680. The first-order chi connectivity index (χ1) is 9.86. The SMILES string of the molecule is IN(c1ccccc1)c1ccccc1-c1ccccc1. The molecule has 3 rings (SSSR count). The first-order valence-corrected chi connectivity index (χ1v) is 7.48. The molecule has 0 unspecified atom stereocenters. The molecule has 0 spiro atoms. The summed E-state index contributed by atoms with van der Waals surface area (Å²) in [5.41, 5.74) is 4.86. The Labute approximate surface area is 133 Å². The van der Waals surface area contributed by atoms with Crippen LogP contribution in [-0.4, -0.2) is 0 Å². The van der Waals surface area contributed by atoms with Gasteiger partial charge in [-0.3, -0.25) is 3.11 Å². The van der Waals surface area contributed by atoms with Crippen LogP contribution in [0, 0.1) is 0 Å². The van der Waals surface area contributed by atoms with Gasteiger partial charge in [0.2, 0.25) is 0 Å². The fourth-order valence-electron chi connectivity index (χ4n) is 2.20. The van der Waals surface area contributed by atoms with Gasteiger partial charge in [0.1, 0.15) is 0 Å². The van der Waals surface area contributed by atoms with Gasteiger partial charge in [-0.1, -0.05) is 66.7 Å². The molecule has 0 saturated heterocycles. The molecule has 3 aromatic rings. The summed E-state index contributed by atoms with van der Waals surface area (Å²) in [4.78, 5) is 0. The second-order valence-corrected chi connectivity index (χ2v) is 5.46. The molecule has 0 radical (unpaired) electrons. The lowest BCUT2D eigenvalue weighted by Gasteiger charge is -2.20. The summed E-state index contributed by atoms with van der Waals surface area (Å²) in [6, 6.07) is 29.4. The van der Waals surface area contributed by atoms with Crippen molar-refractivity contribution in [3.05, 3.63) is 84.9 Å². The van der Waals surface area contributed by atoms with E-state index in [0.717, 1.165) is 0 Å². The maximum atomic E-state index is 2.36. The summed E-state index contributed by atoms with van der Waals surface area (Å²) in [7, 11) is 0. The minimum atomic E-state index is 1.18. The van der Waals surface area contributed by atoms with Gasteiger partial charge >= 0.3 is 0 Å². The molecule has 0 atom stereocenters. The van der Waals surface area contributed by atoms with E-state index in [-0.39, 0.29) is 0 Å². The van der Waals surface area contributed by atoms with Crippen molar-refractivity contribution in [3.63, 3.8) is 0 Å². The van der Waals surface area contributed by atoms with Gasteiger partial charge in [0.25, 0.3) is 0 Å². The lowest BCUT2D eigenvalue weighted by Crippen LogP contribution is -2.02. The van der Waals surface area contributed by atoms with E-state index in [2.05, 4.69) is 98.8 Å². The number of hydrogen-bond acceptors (Lipinski definition) is 1. The normalized spacial score (nSPS) is 10.2. The zero-order chi connectivity index (χ0) is 13.8. The van der Waals surface area contributed by atoms with Crippen molar-refractivity contribution >= 4 is 34.2 Å². The first-order valence-electron chi connectivity index (χ1n) is 6.51.